The van der Waals surface area contributed by atoms with Gasteiger partial charge in [-0.05, 0) is 85.3 Å². The zero-order valence-corrected chi connectivity index (χ0v) is 30.2. The lowest BCUT2D eigenvalue weighted by Crippen LogP contribution is -2.17. The number of aromatic nitrogens is 3. The zero-order chi connectivity index (χ0) is 39.4. The van der Waals surface area contributed by atoms with Gasteiger partial charge in [0.1, 0.15) is 21.2 Å². The molecule has 0 aliphatic carbocycles. The molecule has 8 N–H and O–H groups in total. The Kier molecular flexibility index (Phi) is 9.91. The number of nitrogens with one attached hydrogen (secondary N) is 3. The van der Waals surface area contributed by atoms with E-state index in [0.29, 0.717) is 23.3 Å². The number of aromatic hydroxyl groups is 1. The van der Waals surface area contributed by atoms with E-state index in [4.69, 9.17) is 0 Å². The number of rotatable bonds is 10. The van der Waals surface area contributed by atoms with Crippen LogP contribution in [0.15, 0.2) is 83.1 Å². The first-order chi connectivity index (χ1) is 24.3. The summed E-state index contributed by atoms with van der Waals surface area (Å²) in [7, 11) is -20.0. The molecule has 21 nitrogen and oxygen atoms in total. The van der Waals surface area contributed by atoms with Crippen LogP contribution in [0.4, 0.5) is 34.6 Å². The SMILES string of the molecule is Cc1cc(N=Nc2c(S(=O)(=O)O)cc3cc(S(=O)(=O)O)cc(Nc4nc(Nc5ccc(C)c(S(=O)(=O)O)c5)[nH]c(=O)n4)c3c2O)c(S(=O)(=O)O)cc1C. The Hall–Kier alpha value is -5.41. The lowest BCUT2D eigenvalue weighted by atomic mass is 10.1. The van der Waals surface area contributed by atoms with Gasteiger partial charge in [0.25, 0.3) is 40.5 Å². The minimum Gasteiger partial charge on any atom is -0.505 e. The molecule has 0 aliphatic rings. The Labute approximate surface area is 299 Å². The molecule has 0 aliphatic heterocycles. The highest BCUT2D eigenvalue weighted by Gasteiger charge is 2.27. The van der Waals surface area contributed by atoms with Gasteiger partial charge in [0.2, 0.25) is 11.9 Å². The van der Waals surface area contributed by atoms with E-state index in [9.17, 15) is 61.8 Å². The molecule has 0 amide bonds. The molecule has 0 radical (unpaired) electrons. The normalized spacial score (nSPS) is 12.7. The smallest absolute Gasteiger partial charge is 0.351 e. The average Bonchev–Trinajstić information content (AvgIpc) is 3.00. The first-order valence-corrected chi connectivity index (χ1v) is 20.0. The third-order valence-corrected chi connectivity index (χ3v) is 11.0. The third kappa shape index (κ3) is 8.47. The number of nitrogens with zero attached hydrogens (tertiary/aromatic N) is 4. The Morgan fingerprint density at radius 2 is 1.28 bits per heavy atom. The van der Waals surface area contributed by atoms with Gasteiger partial charge in [-0.3, -0.25) is 23.2 Å². The summed E-state index contributed by atoms with van der Waals surface area (Å²) in [6.07, 6.45) is 0. The predicted octanol–water partition coefficient (Wildman–Crippen LogP) is 3.84. The summed E-state index contributed by atoms with van der Waals surface area (Å²) in [4.78, 5) is 19.1. The van der Waals surface area contributed by atoms with Gasteiger partial charge in [0, 0.05) is 11.1 Å². The molecule has 5 aromatic rings. The Morgan fingerprint density at radius 3 is 1.89 bits per heavy atom. The van der Waals surface area contributed by atoms with Gasteiger partial charge in [0.05, 0.1) is 15.5 Å². The number of phenols is 1. The highest BCUT2D eigenvalue weighted by molar-refractivity contribution is 7.86. The number of aromatic amines is 1. The summed E-state index contributed by atoms with van der Waals surface area (Å²) < 4.78 is 136. The van der Waals surface area contributed by atoms with Crippen molar-refractivity contribution in [2.45, 2.75) is 40.4 Å². The molecule has 0 unspecified atom stereocenters. The number of H-pyrrole nitrogens is 1. The number of hydrogen-bond acceptors (Lipinski definition) is 16. The molecule has 5 rings (SSSR count). The maximum atomic E-state index is 12.5. The van der Waals surface area contributed by atoms with Gasteiger partial charge < -0.3 is 15.7 Å². The maximum Gasteiger partial charge on any atom is 0.351 e. The number of hydrogen-bond donors (Lipinski definition) is 8. The molecule has 0 spiro atoms. The molecule has 1 aromatic heterocycles. The Morgan fingerprint density at radius 1 is 0.660 bits per heavy atom. The van der Waals surface area contributed by atoms with Crippen LogP contribution in [0.25, 0.3) is 10.8 Å². The van der Waals surface area contributed by atoms with E-state index in [2.05, 4.69) is 35.8 Å². The Balaban J connectivity index is 1.72. The number of fused-ring (bicyclic) bond motifs is 1. The molecular formula is C28H25N7O14S4. The van der Waals surface area contributed by atoms with Crippen molar-refractivity contribution in [3.05, 3.63) is 75.7 Å². The van der Waals surface area contributed by atoms with Gasteiger partial charge in [-0.25, -0.2) is 4.79 Å². The minimum atomic E-state index is -5.33. The second-order valence-electron chi connectivity index (χ2n) is 11.2. The molecule has 0 fully saturated rings. The van der Waals surface area contributed by atoms with E-state index in [0.717, 1.165) is 18.2 Å². The lowest BCUT2D eigenvalue weighted by Gasteiger charge is -2.15. The van der Waals surface area contributed by atoms with Crippen LogP contribution in [-0.4, -0.2) is 71.9 Å². The first kappa shape index (κ1) is 38.8. The lowest BCUT2D eigenvalue weighted by molar-refractivity contribution is 0.472. The first-order valence-electron chi connectivity index (χ1n) is 14.2. The summed E-state index contributed by atoms with van der Waals surface area (Å²) in [5.41, 5.74) is -2.05. The molecule has 0 atom stereocenters. The fraction of sp³-hybridized carbons (Fsp3) is 0.107. The second-order valence-corrected chi connectivity index (χ2v) is 16.8. The van der Waals surface area contributed by atoms with Crippen molar-refractivity contribution in [1.29, 1.82) is 0 Å². The van der Waals surface area contributed by atoms with Gasteiger partial charge >= 0.3 is 5.69 Å². The summed E-state index contributed by atoms with van der Waals surface area (Å²) in [6, 6.07) is 8.03. The van der Waals surface area contributed by atoms with E-state index in [1.807, 2.05) is 0 Å². The van der Waals surface area contributed by atoms with Gasteiger partial charge in [0.15, 0.2) is 5.75 Å². The van der Waals surface area contributed by atoms with E-state index < -0.39 is 105 Å². The molecule has 4 aromatic carbocycles. The van der Waals surface area contributed by atoms with Crippen molar-refractivity contribution < 1.29 is 57.0 Å². The van der Waals surface area contributed by atoms with Crippen LogP contribution in [0.2, 0.25) is 0 Å². The molecule has 1 heterocycles. The quantitative estimate of drug-likeness (QED) is 0.0733. The van der Waals surface area contributed by atoms with Crippen LogP contribution in [0.5, 0.6) is 5.75 Å². The van der Waals surface area contributed by atoms with Crippen molar-refractivity contribution in [1.82, 2.24) is 15.0 Å². The zero-order valence-electron chi connectivity index (χ0n) is 27.0. The summed E-state index contributed by atoms with van der Waals surface area (Å²) in [5, 5.41) is 22.9. The van der Waals surface area contributed by atoms with Crippen LogP contribution in [0, 0.1) is 20.8 Å². The molecular weight excluding hydrogens is 787 g/mol. The largest absolute Gasteiger partial charge is 0.505 e. The topological polar surface area (TPSA) is 345 Å². The predicted molar refractivity (Wildman–Crippen MR) is 185 cm³/mol. The van der Waals surface area contributed by atoms with Crippen molar-refractivity contribution in [2.75, 3.05) is 10.6 Å². The van der Waals surface area contributed by atoms with Crippen molar-refractivity contribution in [2.24, 2.45) is 10.2 Å². The van der Waals surface area contributed by atoms with E-state index in [1.54, 1.807) is 6.92 Å². The second kappa shape index (κ2) is 13.5. The van der Waals surface area contributed by atoms with Crippen LogP contribution in [0.3, 0.4) is 0 Å². The highest BCUT2D eigenvalue weighted by atomic mass is 32.2. The molecule has 0 saturated carbocycles. The highest BCUT2D eigenvalue weighted by Crippen LogP contribution is 2.46. The van der Waals surface area contributed by atoms with Crippen molar-refractivity contribution in [3.63, 3.8) is 0 Å². The monoisotopic (exact) mass is 811 g/mol. The molecule has 53 heavy (non-hydrogen) atoms. The minimum absolute atomic E-state index is 0.00802. The molecule has 280 valence electrons. The van der Waals surface area contributed by atoms with E-state index >= 15 is 0 Å². The van der Waals surface area contributed by atoms with Gasteiger partial charge in [-0.1, -0.05) is 6.07 Å². The van der Waals surface area contributed by atoms with E-state index in [-0.39, 0.29) is 17.2 Å². The molecule has 0 bridgehead atoms. The summed E-state index contributed by atoms with van der Waals surface area (Å²) >= 11 is 0. The summed E-state index contributed by atoms with van der Waals surface area (Å²) in [5.74, 6) is -2.13. The standard InChI is InChI=1S/C28H25N7O14S4/c1-12-4-5-16(10-20(12)51(41,42)43)29-26-31-27(33-28(37)32-26)30-19-11-17(50(38,39)40)8-15-9-22(53(47,48)49)24(25(36)23(15)19)35-34-18-6-13(2)14(3)7-21(18)52(44,45)46/h4-11,36H,1-3H3,(H,38,39,40)(H,41,42,43)(H,44,45,46)(H,47,48,49)(H3,29,30,31,32,33,37). The third-order valence-electron chi connectivity index (χ3n) is 7.44. The molecule has 25 heteroatoms. The van der Waals surface area contributed by atoms with Crippen LogP contribution in [-0.2, 0) is 40.5 Å². The molecule has 0 saturated heterocycles. The van der Waals surface area contributed by atoms with Crippen LogP contribution < -0.4 is 16.3 Å². The van der Waals surface area contributed by atoms with Crippen LogP contribution >= 0.6 is 0 Å². The van der Waals surface area contributed by atoms with Gasteiger partial charge in [-0.2, -0.15) is 43.6 Å². The number of azo groups is 1. The van der Waals surface area contributed by atoms with Gasteiger partial charge in [-0.15, -0.1) is 10.2 Å². The van der Waals surface area contributed by atoms with E-state index in [1.165, 1.54) is 32.0 Å². The number of phenolic OH excluding ortho intramolecular Hbond substituents is 1. The number of anilines is 4. The fourth-order valence-electron chi connectivity index (χ4n) is 4.88. The fourth-order valence-corrected chi connectivity index (χ4v) is 7.52. The number of benzene rings is 4. The Bertz CT molecular complexity index is 2910. The van der Waals surface area contributed by atoms with Crippen molar-refractivity contribution >= 4 is 85.9 Å². The summed E-state index contributed by atoms with van der Waals surface area (Å²) in [6.45, 7) is 4.49. The number of aryl methyl sites for hydroxylation is 3. The average molecular weight is 812 g/mol. The maximum absolute atomic E-state index is 12.5. The van der Waals surface area contributed by atoms with Crippen LogP contribution in [0.1, 0.15) is 16.7 Å². The van der Waals surface area contributed by atoms with Crippen molar-refractivity contribution in [3.8, 4) is 5.75 Å².